The molecular formula is C24H24N2O5S2. The smallest absolute Gasteiger partial charge is 0.252 e. The summed E-state index contributed by atoms with van der Waals surface area (Å²) in [5.41, 5.74) is 1.31. The van der Waals surface area contributed by atoms with E-state index in [9.17, 15) is 18.0 Å². The fourth-order valence-electron chi connectivity index (χ4n) is 3.73. The van der Waals surface area contributed by atoms with E-state index in [0.717, 1.165) is 19.6 Å². The Morgan fingerprint density at radius 2 is 1.76 bits per heavy atom. The van der Waals surface area contributed by atoms with Gasteiger partial charge in [0.05, 0.1) is 23.6 Å². The van der Waals surface area contributed by atoms with Gasteiger partial charge in [0.15, 0.2) is 0 Å². The molecule has 2 amide bonds. The topological polar surface area (TPSA) is 84.0 Å². The summed E-state index contributed by atoms with van der Waals surface area (Å²) in [5, 5.41) is 1.85. The van der Waals surface area contributed by atoms with E-state index in [2.05, 4.69) is 0 Å². The Hall–Kier alpha value is -3.01. The first-order valence-electron chi connectivity index (χ1n) is 10.5. The summed E-state index contributed by atoms with van der Waals surface area (Å²) in [6.45, 7) is 4.24. The highest BCUT2D eigenvalue weighted by atomic mass is 32.2. The van der Waals surface area contributed by atoms with Crippen LogP contribution in [-0.4, -0.2) is 37.2 Å². The zero-order chi connectivity index (χ0) is 23.6. The molecule has 1 fully saturated rings. The van der Waals surface area contributed by atoms with Crippen molar-refractivity contribution in [1.29, 1.82) is 0 Å². The first-order chi connectivity index (χ1) is 15.8. The van der Waals surface area contributed by atoms with Crippen LogP contribution in [0.4, 0.5) is 5.69 Å². The van der Waals surface area contributed by atoms with E-state index in [1.807, 2.05) is 31.4 Å². The Morgan fingerprint density at radius 3 is 2.36 bits per heavy atom. The van der Waals surface area contributed by atoms with E-state index in [1.165, 1.54) is 23.5 Å². The lowest BCUT2D eigenvalue weighted by atomic mass is 10.2. The van der Waals surface area contributed by atoms with Gasteiger partial charge in [0.1, 0.15) is 11.8 Å². The minimum Gasteiger partial charge on any atom is -0.494 e. The third-order valence-electron chi connectivity index (χ3n) is 5.40. The van der Waals surface area contributed by atoms with Crippen molar-refractivity contribution in [3.05, 3.63) is 76.5 Å². The first-order valence-corrected chi connectivity index (χ1v) is 12.8. The molecule has 2 aromatic carbocycles. The third kappa shape index (κ3) is 4.71. The minimum absolute atomic E-state index is 0.00861. The second-order valence-electron chi connectivity index (χ2n) is 7.66. The van der Waals surface area contributed by atoms with Gasteiger partial charge in [0.2, 0.25) is 15.9 Å². The maximum atomic E-state index is 13.6. The number of carbonyl (C=O) groups excluding carboxylic acids is 2. The van der Waals surface area contributed by atoms with Crippen molar-refractivity contribution >= 4 is 38.9 Å². The van der Waals surface area contributed by atoms with Gasteiger partial charge in [-0.25, -0.2) is 13.3 Å². The van der Waals surface area contributed by atoms with E-state index in [0.29, 0.717) is 18.0 Å². The number of benzene rings is 2. The molecule has 9 heteroatoms. The summed E-state index contributed by atoms with van der Waals surface area (Å²) in [5.74, 6) is -0.376. The Kier molecular flexibility index (Phi) is 6.64. The summed E-state index contributed by atoms with van der Waals surface area (Å²) in [4.78, 5) is 28.2. The number of ether oxygens (including phenoxy) is 1. The van der Waals surface area contributed by atoms with Crippen LogP contribution < -0.4 is 9.64 Å². The molecular weight excluding hydrogens is 460 g/mol. The van der Waals surface area contributed by atoms with Crippen LogP contribution in [0.5, 0.6) is 5.75 Å². The number of hydrogen-bond acceptors (Lipinski definition) is 6. The van der Waals surface area contributed by atoms with Crippen LogP contribution in [-0.2, 0) is 26.2 Å². The number of anilines is 1. The number of amides is 2. The van der Waals surface area contributed by atoms with Crippen LogP contribution in [0.1, 0.15) is 23.8 Å². The monoisotopic (exact) mass is 484 g/mol. The molecule has 1 aromatic heterocycles. The van der Waals surface area contributed by atoms with Gasteiger partial charge in [-0.3, -0.25) is 9.59 Å². The van der Waals surface area contributed by atoms with Crippen molar-refractivity contribution in [3.63, 3.8) is 0 Å². The molecule has 3 aromatic rings. The van der Waals surface area contributed by atoms with E-state index < -0.39 is 27.9 Å². The SMILES string of the molecule is CCOc1ccc(N2C(=O)CC(N(Cc3cccs3)S(=O)(=O)c3ccc(C)cc3)C2=O)cc1. The predicted molar refractivity (Wildman–Crippen MR) is 127 cm³/mol. The van der Waals surface area contributed by atoms with E-state index in [4.69, 9.17) is 4.74 Å². The van der Waals surface area contributed by atoms with Gasteiger partial charge in [-0.1, -0.05) is 23.8 Å². The minimum atomic E-state index is -4.03. The Balaban J connectivity index is 1.69. The van der Waals surface area contributed by atoms with Gasteiger partial charge >= 0.3 is 0 Å². The molecule has 4 rings (SSSR count). The van der Waals surface area contributed by atoms with Crippen molar-refractivity contribution in [3.8, 4) is 5.75 Å². The Labute approximate surface area is 197 Å². The quantitative estimate of drug-likeness (QED) is 0.452. The van der Waals surface area contributed by atoms with Crippen LogP contribution in [0.3, 0.4) is 0 Å². The molecule has 7 nitrogen and oxygen atoms in total. The molecule has 1 saturated heterocycles. The van der Waals surface area contributed by atoms with Gasteiger partial charge in [-0.2, -0.15) is 4.31 Å². The molecule has 0 spiro atoms. The average molecular weight is 485 g/mol. The van der Waals surface area contributed by atoms with Crippen molar-refractivity contribution in [1.82, 2.24) is 4.31 Å². The van der Waals surface area contributed by atoms with Crippen LogP contribution in [0.15, 0.2) is 70.9 Å². The number of thiophene rings is 1. The number of aryl methyl sites for hydroxylation is 1. The summed E-state index contributed by atoms with van der Waals surface area (Å²) < 4.78 is 33.8. The maximum absolute atomic E-state index is 13.6. The standard InChI is InChI=1S/C24H24N2O5S2/c1-3-31-19-10-8-18(9-11-19)26-23(27)15-22(24(26)28)25(16-20-5-4-14-32-20)33(29,30)21-12-6-17(2)7-13-21/h4-14,22H,3,15-16H2,1-2H3. The number of carbonyl (C=O) groups is 2. The summed E-state index contributed by atoms with van der Waals surface area (Å²) >= 11 is 1.40. The Morgan fingerprint density at radius 1 is 1.06 bits per heavy atom. The molecule has 1 aliphatic heterocycles. The maximum Gasteiger partial charge on any atom is 0.252 e. The lowest BCUT2D eigenvalue weighted by Crippen LogP contribution is -2.44. The number of imide groups is 1. The van der Waals surface area contributed by atoms with Gasteiger partial charge in [-0.15, -0.1) is 11.3 Å². The molecule has 2 heterocycles. The summed E-state index contributed by atoms with van der Waals surface area (Å²) in [7, 11) is -4.03. The zero-order valence-electron chi connectivity index (χ0n) is 18.3. The normalized spacial score (nSPS) is 16.6. The highest BCUT2D eigenvalue weighted by molar-refractivity contribution is 7.89. The lowest BCUT2D eigenvalue weighted by Gasteiger charge is -2.26. The summed E-state index contributed by atoms with van der Waals surface area (Å²) in [6.07, 6.45) is -0.220. The van der Waals surface area contributed by atoms with Crippen LogP contribution in [0.2, 0.25) is 0 Å². The van der Waals surface area contributed by atoms with Crippen molar-refractivity contribution in [2.75, 3.05) is 11.5 Å². The van der Waals surface area contributed by atoms with Gasteiger partial charge in [-0.05, 0) is 61.7 Å². The lowest BCUT2D eigenvalue weighted by molar-refractivity contribution is -0.122. The molecule has 0 radical (unpaired) electrons. The number of rotatable bonds is 8. The molecule has 0 saturated carbocycles. The Bertz CT molecular complexity index is 1240. The van der Waals surface area contributed by atoms with Crippen molar-refractivity contribution < 1.29 is 22.7 Å². The fourth-order valence-corrected chi connectivity index (χ4v) is 6.08. The highest BCUT2D eigenvalue weighted by Crippen LogP contribution is 2.32. The second-order valence-corrected chi connectivity index (χ2v) is 10.6. The van der Waals surface area contributed by atoms with E-state index in [-0.39, 0.29) is 17.9 Å². The molecule has 1 unspecified atom stereocenters. The molecule has 1 aliphatic rings. The fraction of sp³-hybridized carbons (Fsp3) is 0.250. The van der Waals surface area contributed by atoms with Crippen LogP contribution in [0, 0.1) is 6.92 Å². The molecule has 0 bridgehead atoms. The molecule has 33 heavy (non-hydrogen) atoms. The first kappa shape index (κ1) is 23.2. The second kappa shape index (κ2) is 9.46. The van der Waals surface area contributed by atoms with Crippen molar-refractivity contribution in [2.45, 2.75) is 37.8 Å². The number of hydrogen-bond donors (Lipinski definition) is 0. The van der Waals surface area contributed by atoms with Gasteiger partial charge < -0.3 is 4.74 Å². The predicted octanol–water partition coefficient (Wildman–Crippen LogP) is 3.98. The summed E-state index contributed by atoms with van der Waals surface area (Å²) in [6, 6.07) is 15.6. The molecule has 0 N–H and O–H groups in total. The van der Waals surface area contributed by atoms with Crippen LogP contribution >= 0.6 is 11.3 Å². The number of nitrogens with zero attached hydrogens (tertiary/aromatic N) is 2. The van der Waals surface area contributed by atoms with Crippen LogP contribution in [0.25, 0.3) is 0 Å². The van der Waals surface area contributed by atoms with E-state index >= 15 is 0 Å². The molecule has 172 valence electrons. The highest BCUT2D eigenvalue weighted by Gasteiger charge is 2.47. The van der Waals surface area contributed by atoms with Gasteiger partial charge in [0.25, 0.3) is 5.91 Å². The van der Waals surface area contributed by atoms with Gasteiger partial charge in [0, 0.05) is 11.4 Å². The largest absolute Gasteiger partial charge is 0.494 e. The molecule has 1 atom stereocenters. The number of sulfonamides is 1. The van der Waals surface area contributed by atoms with E-state index in [1.54, 1.807) is 36.4 Å². The zero-order valence-corrected chi connectivity index (χ0v) is 19.9. The molecule has 0 aliphatic carbocycles. The van der Waals surface area contributed by atoms with Crippen molar-refractivity contribution in [2.24, 2.45) is 0 Å². The average Bonchev–Trinajstić information content (AvgIpc) is 3.41. The third-order valence-corrected chi connectivity index (χ3v) is 8.13.